The topological polar surface area (TPSA) is 0 Å². The summed E-state index contributed by atoms with van der Waals surface area (Å²) in [7, 11) is 0. The SMILES string of the molecule is CCCCc1c(Cl)ccc(CC)c1Cl. The Morgan fingerprint density at radius 2 is 1.86 bits per heavy atom. The lowest BCUT2D eigenvalue weighted by molar-refractivity contribution is 0.794. The molecule has 0 saturated carbocycles. The molecule has 0 aliphatic heterocycles. The van der Waals surface area contributed by atoms with Crippen LogP contribution in [-0.4, -0.2) is 0 Å². The predicted octanol–water partition coefficient (Wildman–Crippen LogP) is 4.90. The number of hydrogen-bond acceptors (Lipinski definition) is 0. The summed E-state index contributed by atoms with van der Waals surface area (Å²) in [6.45, 7) is 4.28. The predicted molar refractivity (Wildman–Crippen MR) is 64.5 cm³/mol. The molecule has 14 heavy (non-hydrogen) atoms. The first-order valence-electron chi connectivity index (χ1n) is 5.16. The summed E-state index contributed by atoms with van der Waals surface area (Å²) in [4.78, 5) is 0. The van der Waals surface area contributed by atoms with E-state index >= 15 is 0 Å². The summed E-state index contributed by atoms with van der Waals surface area (Å²) in [5, 5.41) is 1.68. The fourth-order valence-corrected chi connectivity index (χ4v) is 2.20. The highest BCUT2D eigenvalue weighted by Crippen LogP contribution is 2.29. The molecule has 2 heteroatoms. The van der Waals surface area contributed by atoms with E-state index in [0.29, 0.717) is 0 Å². The second kappa shape index (κ2) is 5.63. The van der Waals surface area contributed by atoms with Crippen LogP contribution in [0.3, 0.4) is 0 Å². The van der Waals surface area contributed by atoms with Crippen molar-refractivity contribution in [3.05, 3.63) is 33.3 Å². The van der Waals surface area contributed by atoms with Crippen molar-refractivity contribution in [1.29, 1.82) is 0 Å². The van der Waals surface area contributed by atoms with Crippen LogP contribution in [0, 0.1) is 0 Å². The lowest BCUT2D eigenvalue weighted by Crippen LogP contribution is -1.92. The maximum absolute atomic E-state index is 6.27. The third-order valence-corrected chi connectivity index (χ3v) is 3.25. The first kappa shape index (κ1) is 11.9. The molecular weight excluding hydrogens is 215 g/mol. The second-order valence-corrected chi connectivity index (χ2v) is 4.24. The van der Waals surface area contributed by atoms with Crippen molar-refractivity contribution >= 4 is 23.2 Å². The van der Waals surface area contributed by atoms with E-state index in [1.165, 1.54) is 12.0 Å². The van der Waals surface area contributed by atoms with E-state index in [4.69, 9.17) is 23.2 Å². The number of unbranched alkanes of at least 4 members (excludes halogenated alkanes) is 1. The molecule has 0 radical (unpaired) electrons. The summed E-state index contributed by atoms with van der Waals surface area (Å²) >= 11 is 12.4. The molecule has 0 bridgehead atoms. The quantitative estimate of drug-likeness (QED) is 0.691. The number of benzene rings is 1. The molecule has 0 amide bonds. The molecule has 1 rings (SSSR count). The largest absolute Gasteiger partial charge is 0.0840 e. The van der Waals surface area contributed by atoms with Gasteiger partial charge in [0.15, 0.2) is 0 Å². The lowest BCUT2D eigenvalue weighted by atomic mass is 10.0. The smallest absolute Gasteiger partial charge is 0.0484 e. The summed E-state index contributed by atoms with van der Waals surface area (Å²) in [6.07, 6.45) is 4.27. The monoisotopic (exact) mass is 230 g/mol. The maximum atomic E-state index is 6.27. The van der Waals surface area contributed by atoms with Crippen molar-refractivity contribution < 1.29 is 0 Å². The minimum atomic E-state index is 0.806. The Morgan fingerprint density at radius 1 is 1.14 bits per heavy atom. The Hall–Kier alpha value is -0.200. The van der Waals surface area contributed by atoms with Gasteiger partial charge < -0.3 is 0 Å². The number of hydrogen-bond donors (Lipinski definition) is 0. The van der Waals surface area contributed by atoms with Crippen molar-refractivity contribution in [2.24, 2.45) is 0 Å². The Morgan fingerprint density at radius 3 is 2.43 bits per heavy atom. The van der Waals surface area contributed by atoms with Crippen LogP contribution in [0.2, 0.25) is 10.0 Å². The van der Waals surface area contributed by atoms with Gasteiger partial charge >= 0.3 is 0 Å². The molecule has 0 atom stereocenters. The minimum Gasteiger partial charge on any atom is -0.0840 e. The fourth-order valence-electron chi connectivity index (χ4n) is 1.50. The van der Waals surface area contributed by atoms with Gasteiger partial charge in [0.05, 0.1) is 0 Å². The first-order chi connectivity index (χ1) is 6.70. The first-order valence-corrected chi connectivity index (χ1v) is 5.92. The highest BCUT2D eigenvalue weighted by molar-refractivity contribution is 6.36. The van der Waals surface area contributed by atoms with Gasteiger partial charge in [-0.3, -0.25) is 0 Å². The number of rotatable bonds is 4. The molecule has 0 nitrogen and oxygen atoms in total. The molecular formula is C12H16Cl2. The molecule has 1 aromatic carbocycles. The molecule has 0 fully saturated rings. The van der Waals surface area contributed by atoms with Crippen LogP contribution >= 0.6 is 23.2 Å². The van der Waals surface area contributed by atoms with Crippen molar-refractivity contribution in [2.75, 3.05) is 0 Å². The molecule has 0 unspecified atom stereocenters. The van der Waals surface area contributed by atoms with E-state index in [1.54, 1.807) is 0 Å². The molecule has 0 saturated heterocycles. The fraction of sp³-hybridized carbons (Fsp3) is 0.500. The zero-order valence-corrected chi connectivity index (χ0v) is 10.3. The van der Waals surface area contributed by atoms with Crippen LogP contribution in [0.4, 0.5) is 0 Å². The molecule has 0 aliphatic rings. The van der Waals surface area contributed by atoms with Crippen molar-refractivity contribution in [3.8, 4) is 0 Å². The van der Waals surface area contributed by atoms with Gasteiger partial charge in [0.1, 0.15) is 0 Å². The molecule has 0 N–H and O–H groups in total. The summed E-state index contributed by atoms with van der Waals surface area (Å²) < 4.78 is 0. The normalized spacial score (nSPS) is 10.6. The van der Waals surface area contributed by atoms with Gasteiger partial charge in [0.25, 0.3) is 0 Å². The van der Waals surface area contributed by atoms with Crippen LogP contribution in [0.1, 0.15) is 37.8 Å². The van der Waals surface area contributed by atoms with Gasteiger partial charge in [-0.25, -0.2) is 0 Å². The average molecular weight is 231 g/mol. The lowest BCUT2D eigenvalue weighted by Gasteiger charge is -2.09. The average Bonchev–Trinajstić information content (AvgIpc) is 2.18. The highest BCUT2D eigenvalue weighted by atomic mass is 35.5. The minimum absolute atomic E-state index is 0.806. The number of halogens is 2. The molecule has 0 aromatic heterocycles. The summed E-state index contributed by atoms with van der Waals surface area (Å²) in [6, 6.07) is 3.97. The van der Waals surface area contributed by atoms with Crippen molar-refractivity contribution in [2.45, 2.75) is 39.5 Å². The van der Waals surface area contributed by atoms with Gasteiger partial charge in [0.2, 0.25) is 0 Å². The van der Waals surface area contributed by atoms with Gasteiger partial charge in [-0.05, 0) is 36.5 Å². The van der Waals surface area contributed by atoms with Crippen LogP contribution < -0.4 is 0 Å². The highest BCUT2D eigenvalue weighted by Gasteiger charge is 2.08. The molecule has 0 spiro atoms. The number of aryl methyl sites for hydroxylation is 1. The third kappa shape index (κ3) is 2.65. The molecule has 0 heterocycles. The van der Waals surface area contributed by atoms with E-state index in [-0.39, 0.29) is 0 Å². The molecule has 78 valence electrons. The van der Waals surface area contributed by atoms with Crippen molar-refractivity contribution in [3.63, 3.8) is 0 Å². The van der Waals surface area contributed by atoms with Gasteiger partial charge in [-0.2, -0.15) is 0 Å². The van der Waals surface area contributed by atoms with Gasteiger partial charge in [0, 0.05) is 10.0 Å². The van der Waals surface area contributed by atoms with E-state index in [2.05, 4.69) is 13.8 Å². The Bertz CT molecular complexity index is 305. The summed E-state index contributed by atoms with van der Waals surface area (Å²) in [5.74, 6) is 0. The Balaban J connectivity index is 2.99. The van der Waals surface area contributed by atoms with Crippen molar-refractivity contribution in [1.82, 2.24) is 0 Å². The Kier molecular flexibility index (Phi) is 4.77. The third-order valence-electron chi connectivity index (χ3n) is 2.43. The molecule has 1 aromatic rings. The van der Waals surface area contributed by atoms with Crippen LogP contribution in [0.25, 0.3) is 0 Å². The standard InChI is InChI=1S/C12H16Cl2/c1-3-5-6-10-11(13)8-7-9(4-2)12(10)14/h7-8H,3-6H2,1-2H3. The van der Waals surface area contributed by atoms with Crippen LogP contribution in [-0.2, 0) is 12.8 Å². The van der Waals surface area contributed by atoms with E-state index < -0.39 is 0 Å². The van der Waals surface area contributed by atoms with E-state index in [1.807, 2.05) is 12.1 Å². The Labute approximate surface area is 96.2 Å². The van der Waals surface area contributed by atoms with Crippen LogP contribution in [0.15, 0.2) is 12.1 Å². The van der Waals surface area contributed by atoms with Gasteiger partial charge in [-0.15, -0.1) is 0 Å². The summed E-state index contributed by atoms with van der Waals surface area (Å²) in [5.41, 5.74) is 2.32. The molecule has 0 aliphatic carbocycles. The second-order valence-electron chi connectivity index (χ2n) is 3.46. The zero-order valence-electron chi connectivity index (χ0n) is 8.74. The van der Waals surface area contributed by atoms with E-state index in [9.17, 15) is 0 Å². The van der Waals surface area contributed by atoms with E-state index in [0.717, 1.165) is 34.9 Å². The zero-order chi connectivity index (χ0) is 10.6. The van der Waals surface area contributed by atoms with Gasteiger partial charge in [-0.1, -0.05) is 49.5 Å². The maximum Gasteiger partial charge on any atom is 0.0484 e. The van der Waals surface area contributed by atoms with Crippen LogP contribution in [0.5, 0.6) is 0 Å².